The van der Waals surface area contributed by atoms with Gasteiger partial charge in [0, 0.05) is 32.3 Å². The highest BCUT2D eigenvalue weighted by Gasteiger charge is 2.29. The van der Waals surface area contributed by atoms with Crippen LogP contribution in [0.5, 0.6) is 0 Å². The van der Waals surface area contributed by atoms with Crippen LogP contribution in [0.1, 0.15) is 13.8 Å². The highest BCUT2D eigenvalue weighted by atomic mass is 79.9. The molecule has 0 aliphatic heterocycles. The molecule has 0 fully saturated rings. The van der Waals surface area contributed by atoms with Crippen LogP contribution in [0.15, 0.2) is 0 Å². The minimum absolute atomic E-state index is 0.338. The van der Waals surface area contributed by atoms with Crippen molar-refractivity contribution in [3.05, 3.63) is 0 Å². The quantitative estimate of drug-likeness (QED) is 0.578. The molecule has 0 aromatic heterocycles. The van der Waals surface area contributed by atoms with Crippen molar-refractivity contribution in [1.82, 2.24) is 2.72 Å². The van der Waals surface area contributed by atoms with E-state index in [0.29, 0.717) is 13.2 Å². The molecule has 0 heterocycles. The van der Waals surface area contributed by atoms with Gasteiger partial charge in [0.05, 0.1) is 13.2 Å². The fourth-order valence-corrected chi connectivity index (χ4v) is 2.45. The summed E-state index contributed by atoms with van der Waals surface area (Å²) < 4.78 is 22.4. The van der Waals surface area contributed by atoms with Gasteiger partial charge >= 0.3 is 7.75 Å². The van der Waals surface area contributed by atoms with Gasteiger partial charge < -0.3 is 0 Å². The van der Waals surface area contributed by atoms with Crippen molar-refractivity contribution in [2.24, 2.45) is 0 Å². The van der Waals surface area contributed by atoms with Gasteiger partial charge in [-0.05, 0) is 13.8 Å². The Morgan fingerprint density at radius 2 is 1.64 bits per heavy atom. The van der Waals surface area contributed by atoms with Crippen LogP contribution in [-0.4, -0.2) is 15.9 Å². The molecule has 0 aromatic rings. The van der Waals surface area contributed by atoms with Gasteiger partial charge in [-0.25, -0.2) is 4.57 Å². The molecule has 0 aliphatic rings. The Kier molecular flexibility index (Phi) is 6.22. The Labute approximate surface area is 83.5 Å². The van der Waals surface area contributed by atoms with E-state index in [1.54, 1.807) is 13.8 Å². The van der Waals surface area contributed by atoms with E-state index in [1.165, 1.54) is 0 Å². The lowest BCUT2D eigenvalue weighted by molar-refractivity contribution is 0.209. The van der Waals surface area contributed by atoms with Crippen LogP contribution in [0.4, 0.5) is 0 Å². The predicted octanol–water partition coefficient (Wildman–Crippen LogP) is 3.09. The van der Waals surface area contributed by atoms with Gasteiger partial charge in [-0.2, -0.15) is 0 Å². The highest BCUT2D eigenvalue weighted by Crippen LogP contribution is 2.55. The zero-order chi connectivity index (χ0) is 8.91. The number of hydrogen-bond acceptors (Lipinski definition) is 3. The number of nitrogens with zero attached hydrogens (tertiary/aromatic N) is 1. The fraction of sp³-hybridized carbons (Fsp3) is 1.00. The molecule has 0 N–H and O–H groups in total. The Morgan fingerprint density at radius 3 is 1.82 bits per heavy atom. The van der Waals surface area contributed by atoms with Crippen LogP contribution in [0.25, 0.3) is 0 Å². The number of hydrogen-bond donors (Lipinski definition) is 0. The average molecular weight is 311 g/mol. The van der Waals surface area contributed by atoms with Gasteiger partial charge in [0.1, 0.15) is 0 Å². The van der Waals surface area contributed by atoms with E-state index in [9.17, 15) is 4.57 Å². The first-order valence-electron chi connectivity index (χ1n) is 3.08. The Hall–Kier alpha value is 1.07. The van der Waals surface area contributed by atoms with Gasteiger partial charge in [0.15, 0.2) is 0 Å². The molecule has 0 spiro atoms. The monoisotopic (exact) mass is 309 g/mol. The molecule has 7 heteroatoms. The topological polar surface area (TPSA) is 38.8 Å². The smallest absolute Gasteiger partial charge is 0.296 e. The highest BCUT2D eigenvalue weighted by molar-refractivity contribution is 9.22. The molecule has 0 bridgehead atoms. The second-order valence-corrected chi connectivity index (χ2v) is 6.84. The second-order valence-electron chi connectivity index (χ2n) is 1.52. The minimum Gasteiger partial charge on any atom is -0.296 e. The van der Waals surface area contributed by atoms with Gasteiger partial charge in [-0.3, -0.25) is 9.05 Å². The van der Waals surface area contributed by atoms with Crippen molar-refractivity contribution in [1.29, 1.82) is 0 Å². The zero-order valence-corrected chi connectivity index (χ0v) is 10.4. The lowest BCUT2D eigenvalue weighted by Gasteiger charge is -2.18. The summed E-state index contributed by atoms with van der Waals surface area (Å²) in [6.07, 6.45) is 0. The fourth-order valence-electron chi connectivity index (χ4n) is 0.451. The Bertz CT molecular complexity index is 144. The standard InChI is InChI=1S/C4H10Br2NO3P/c1-3-9-11(8,7(5)6)10-4-2/h3-4H2,1-2H3. The van der Waals surface area contributed by atoms with Crippen molar-refractivity contribution in [3.8, 4) is 0 Å². The molecule has 0 saturated carbocycles. The maximum Gasteiger partial charge on any atom is 0.428 e. The molecule has 0 rings (SSSR count). The minimum atomic E-state index is -3.12. The van der Waals surface area contributed by atoms with E-state index in [0.717, 1.165) is 2.72 Å². The third-order valence-corrected chi connectivity index (χ3v) is 4.64. The van der Waals surface area contributed by atoms with Crippen LogP contribution in [-0.2, 0) is 13.6 Å². The summed E-state index contributed by atoms with van der Waals surface area (Å²) in [6.45, 7) is 4.17. The van der Waals surface area contributed by atoms with Crippen molar-refractivity contribution >= 4 is 40.0 Å². The largest absolute Gasteiger partial charge is 0.428 e. The number of halogens is 2. The third kappa shape index (κ3) is 4.01. The van der Waals surface area contributed by atoms with E-state index >= 15 is 0 Å². The summed E-state index contributed by atoms with van der Waals surface area (Å²) in [6, 6.07) is 0. The van der Waals surface area contributed by atoms with Crippen LogP contribution in [0.3, 0.4) is 0 Å². The molecule has 0 aromatic carbocycles. The molecular formula is C4H10Br2NO3P. The van der Waals surface area contributed by atoms with Crippen molar-refractivity contribution in [2.75, 3.05) is 13.2 Å². The Morgan fingerprint density at radius 1 is 1.27 bits per heavy atom. The summed E-state index contributed by atoms with van der Waals surface area (Å²) in [4.78, 5) is 0. The normalized spacial score (nSPS) is 12.5. The summed E-state index contributed by atoms with van der Waals surface area (Å²) in [7, 11) is -3.12. The van der Waals surface area contributed by atoms with Gasteiger partial charge in [0.25, 0.3) is 0 Å². The number of rotatable bonds is 5. The third-order valence-electron chi connectivity index (χ3n) is 0.770. The summed E-state index contributed by atoms with van der Waals surface area (Å²) in [5, 5.41) is 0. The van der Waals surface area contributed by atoms with Gasteiger partial charge in [-0.1, -0.05) is 2.72 Å². The molecular weight excluding hydrogens is 301 g/mol. The molecule has 0 atom stereocenters. The van der Waals surface area contributed by atoms with E-state index in [4.69, 9.17) is 9.05 Å². The van der Waals surface area contributed by atoms with Crippen LogP contribution in [0.2, 0.25) is 0 Å². The molecule has 68 valence electrons. The van der Waals surface area contributed by atoms with Gasteiger partial charge in [-0.15, -0.1) is 0 Å². The lowest BCUT2D eigenvalue weighted by atomic mass is 10.9. The summed E-state index contributed by atoms with van der Waals surface area (Å²) in [5.74, 6) is 0. The maximum absolute atomic E-state index is 11.5. The van der Waals surface area contributed by atoms with E-state index in [1.807, 2.05) is 0 Å². The molecule has 0 unspecified atom stereocenters. The van der Waals surface area contributed by atoms with Crippen LogP contribution < -0.4 is 0 Å². The average Bonchev–Trinajstić information content (AvgIpc) is 1.88. The molecule has 4 nitrogen and oxygen atoms in total. The summed E-state index contributed by atoms with van der Waals surface area (Å²) in [5.41, 5.74) is 0. The van der Waals surface area contributed by atoms with Crippen LogP contribution in [0, 0.1) is 0 Å². The maximum atomic E-state index is 11.5. The molecule has 0 amide bonds. The van der Waals surface area contributed by atoms with Crippen molar-refractivity contribution in [3.63, 3.8) is 0 Å². The second kappa shape index (κ2) is 5.67. The molecule has 0 radical (unpaired) electrons. The Balaban J connectivity index is 4.14. The summed E-state index contributed by atoms with van der Waals surface area (Å²) >= 11 is 5.87. The zero-order valence-electron chi connectivity index (χ0n) is 6.29. The predicted molar refractivity (Wildman–Crippen MR) is 50.6 cm³/mol. The van der Waals surface area contributed by atoms with Crippen molar-refractivity contribution < 1.29 is 13.6 Å². The van der Waals surface area contributed by atoms with Crippen LogP contribution >= 0.6 is 40.0 Å². The molecule has 0 aliphatic carbocycles. The van der Waals surface area contributed by atoms with E-state index in [2.05, 4.69) is 32.3 Å². The van der Waals surface area contributed by atoms with Gasteiger partial charge in [0.2, 0.25) is 0 Å². The first-order valence-corrected chi connectivity index (χ1v) is 5.99. The van der Waals surface area contributed by atoms with E-state index < -0.39 is 7.75 Å². The molecule has 0 saturated heterocycles. The first-order chi connectivity index (χ1) is 5.06. The van der Waals surface area contributed by atoms with Crippen molar-refractivity contribution in [2.45, 2.75) is 13.8 Å². The van der Waals surface area contributed by atoms with E-state index in [-0.39, 0.29) is 0 Å². The molecule has 11 heavy (non-hydrogen) atoms. The lowest BCUT2D eigenvalue weighted by Crippen LogP contribution is -2.02. The first kappa shape index (κ1) is 12.1. The SMILES string of the molecule is CCOP(=O)(OCC)N(Br)Br.